The molecule has 2 unspecified atom stereocenters. The molecule has 1 N–H and O–H groups in total. The van der Waals surface area contributed by atoms with Crippen molar-refractivity contribution in [3.05, 3.63) is 68.7 Å². The Balaban J connectivity index is 1.60. The van der Waals surface area contributed by atoms with E-state index in [2.05, 4.69) is 26.4 Å². The molecule has 4 rings (SSSR count). The largest absolute Gasteiger partial charge is 0.366 e. The van der Waals surface area contributed by atoms with Crippen LogP contribution in [0.2, 0.25) is 0 Å². The van der Waals surface area contributed by atoms with Crippen LogP contribution in [0.3, 0.4) is 0 Å². The number of halogens is 1. The smallest absolute Gasteiger partial charge is 0.325 e. The third-order valence-electron chi connectivity index (χ3n) is 7.82. The van der Waals surface area contributed by atoms with E-state index in [1.165, 1.54) is 18.2 Å². The lowest BCUT2D eigenvalue weighted by Crippen LogP contribution is -2.43. The normalized spacial score (nSPS) is 26.2. The number of hydrogen-bond acceptors (Lipinski definition) is 6. The van der Waals surface area contributed by atoms with Gasteiger partial charge in [0.25, 0.3) is 5.69 Å². The van der Waals surface area contributed by atoms with Gasteiger partial charge in [0.1, 0.15) is 0 Å². The number of nitrogens with one attached hydrogen (secondary N) is 1. The first-order valence-corrected chi connectivity index (χ1v) is 11.4. The molecule has 2 atom stereocenters. The molecule has 9 heteroatoms. The fraction of sp³-hybridized carbons (Fsp3) is 0.375. The number of fused-ring (bicyclic) bond motifs is 2. The summed E-state index contributed by atoms with van der Waals surface area (Å²) in [5.41, 5.74) is -0.344. The predicted octanol–water partition coefficient (Wildman–Crippen LogP) is 5.73. The molecule has 8 nitrogen and oxygen atoms in total. The molecule has 0 aliphatic heterocycles. The maximum absolute atomic E-state index is 13.5. The summed E-state index contributed by atoms with van der Waals surface area (Å²) >= 11 is 3.34. The van der Waals surface area contributed by atoms with E-state index in [-0.39, 0.29) is 11.6 Å². The van der Waals surface area contributed by atoms with Crippen molar-refractivity contribution in [2.45, 2.75) is 40.0 Å². The Morgan fingerprint density at radius 3 is 2.55 bits per heavy atom. The summed E-state index contributed by atoms with van der Waals surface area (Å²) in [6.07, 6.45) is 1.71. The summed E-state index contributed by atoms with van der Waals surface area (Å²) < 4.78 is 0.613. The van der Waals surface area contributed by atoms with Crippen LogP contribution in [-0.4, -0.2) is 22.5 Å². The van der Waals surface area contributed by atoms with E-state index >= 15 is 0 Å². The number of carbonyl (C=O) groups is 2. The number of anilines is 1. The molecule has 2 aliphatic carbocycles. The van der Waals surface area contributed by atoms with Gasteiger partial charge in [0.2, 0.25) is 5.91 Å². The topological polar surface area (TPSA) is 111 Å². The van der Waals surface area contributed by atoms with Crippen LogP contribution in [-0.2, 0) is 9.63 Å². The van der Waals surface area contributed by atoms with Gasteiger partial charge in [-0.3, -0.25) is 14.9 Å². The second-order valence-electron chi connectivity index (χ2n) is 9.37. The maximum Gasteiger partial charge on any atom is 0.366 e. The highest BCUT2D eigenvalue weighted by atomic mass is 79.9. The van der Waals surface area contributed by atoms with Gasteiger partial charge in [0.15, 0.2) is 0 Å². The minimum Gasteiger partial charge on any atom is -0.325 e. The van der Waals surface area contributed by atoms with Crippen LogP contribution in [0.5, 0.6) is 0 Å². The molecule has 2 aromatic carbocycles. The minimum absolute atomic E-state index is 0.0894. The zero-order valence-corrected chi connectivity index (χ0v) is 20.1. The number of oxime groups is 1. The number of nitrogens with zero attached hydrogens (tertiary/aromatic N) is 2. The van der Waals surface area contributed by atoms with Crippen LogP contribution in [0.1, 0.15) is 50.4 Å². The molecule has 2 bridgehead atoms. The summed E-state index contributed by atoms with van der Waals surface area (Å²) in [5.74, 6) is -0.784. The number of carbonyl (C=O) groups excluding carboxylic acids is 2. The molecule has 0 spiro atoms. The Morgan fingerprint density at radius 2 is 1.85 bits per heavy atom. The van der Waals surface area contributed by atoms with Gasteiger partial charge in [-0.1, -0.05) is 44.1 Å². The first-order chi connectivity index (χ1) is 15.5. The zero-order chi connectivity index (χ0) is 24.0. The second kappa shape index (κ2) is 8.06. The number of rotatable bonds is 5. The van der Waals surface area contributed by atoms with Crippen molar-refractivity contribution in [3.63, 3.8) is 0 Å². The summed E-state index contributed by atoms with van der Waals surface area (Å²) in [5, 5.41) is 18.2. The Hall–Kier alpha value is -3.07. The zero-order valence-electron chi connectivity index (χ0n) is 18.6. The minimum atomic E-state index is -0.773. The predicted molar refractivity (Wildman–Crippen MR) is 127 cm³/mol. The molecule has 33 heavy (non-hydrogen) atoms. The number of benzene rings is 2. The summed E-state index contributed by atoms with van der Waals surface area (Å²) in [7, 11) is 0. The monoisotopic (exact) mass is 513 g/mol. The van der Waals surface area contributed by atoms with Gasteiger partial charge < -0.3 is 10.2 Å². The van der Waals surface area contributed by atoms with Crippen molar-refractivity contribution >= 4 is 44.9 Å². The number of non-ortho nitro benzene ring substituents is 1. The van der Waals surface area contributed by atoms with Crippen LogP contribution in [0.15, 0.2) is 58.2 Å². The maximum atomic E-state index is 13.5. The van der Waals surface area contributed by atoms with Gasteiger partial charge >= 0.3 is 5.97 Å². The Kier molecular flexibility index (Phi) is 5.64. The molecular weight excluding hydrogens is 490 g/mol. The van der Waals surface area contributed by atoms with Crippen LogP contribution >= 0.6 is 15.9 Å². The standard InChI is InChI=1S/C24H24BrN3O5/c1-22(2)23(3)11-12-24(22,21(30)26-15-7-6-8-16(13-15)28(31)32)14-19(23)27-33-20(29)17-9-4-5-10-18(17)25/h4-10,13H,11-12,14H2,1-3H3,(H,26,30). The highest BCUT2D eigenvalue weighted by Gasteiger charge is 2.71. The molecule has 0 heterocycles. The van der Waals surface area contributed by atoms with Gasteiger partial charge in [-0.15, -0.1) is 0 Å². The lowest BCUT2D eigenvalue weighted by Gasteiger charge is -2.39. The van der Waals surface area contributed by atoms with Crippen LogP contribution < -0.4 is 5.32 Å². The van der Waals surface area contributed by atoms with E-state index in [9.17, 15) is 19.7 Å². The summed E-state index contributed by atoms with van der Waals surface area (Å²) in [4.78, 5) is 42.0. The highest BCUT2D eigenvalue weighted by molar-refractivity contribution is 9.10. The molecule has 0 radical (unpaired) electrons. The molecular formula is C24H24BrN3O5. The molecule has 0 aromatic heterocycles. The average Bonchev–Trinajstić information content (AvgIpc) is 3.08. The van der Waals surface area contributed by atoms with E-state index in [1.54, 1.807) is 30.3 Å². The number of nitro benzene ring substituents is 1. The Morgan fingerprint density at radius 1 is 1.12 bits per heavy atom. The van der Waals surface area contributed by atoms with E-state index in [0.29, 0.717) is 40.7 Å². The van der Waals surface area contributed by atoms with Crippen molar-refractivity contribution in [3.8, 4) is 0 Å². The van der Waals surface area contributed by atoms with E-state index < -0.39 is 27.1 Å². The highest BCUT2D eigenvalue weighted by Crippen LogP contribution is 2.71. The van der Waals surface area contributed by atoms with Crippen molar-refractivity contribution in [1.82, 2.24) is 0 Å². The third-order valence-corrected chi connectivity index (χ3v) is 8.51. The lowest BCUT2D eigenvalue weighted by molar-refractivity contribution is -0.384. The lowest BCUT2D eigenvalue weighted by atomic mass is 9.64. The Bertz CT molecular complexity index is 1190. The van der Waals surface area contributed by atoms with Crippen LogP contribution in [0.4, 0.5) is 11.4 Å². The molecule has 2 aliphatic rings. The first kappa shape index (κ1) is 23.1. The van der Waals surface area contributed by atoms with Crippen molar-refractivity contribution in [2.24, 2.45) is 21.4 Å². The summed E-state index contributed by atoms with van der Waals surface area (Å²) in [6.45, 7) is 6.11. The van der Waals surface area contributed by atoms with Crippen molar-refractivity contribution in [1.29, 1.82) is 0 Å². The number of nitro groups is 1. The van der Waals surface area contributed by atoms with E-state index in [4.69, 9.17) is 4.84 Å². The van der Waals surface area contributed by atoms with Gasteiger partial charge in [-0.2, -0.15) is 0 Å². The Labute approximate surface area is 199 Å². The average molecular weight is 514 g/mol. The van der Waals surface area contributed by atoms with Gasteiger partial charge in [-0.25, -0.2) is 4.79 Å². The number of amides is 1. The molecule has 2 aromatic rings. The van der Waals surface area contributed by atoms with Gasteiger partial charge in [0.05, 0.1) is 21.6 Å². The first-order valence-electron chi connectivity index (χ1n) is 10.6. The second-order valence-corrected chi connectivity index (χ2v) is 10.2. The quantitative estimate of drug-likeness (QED) is 0.312. The third kappa shape index (κ3) is 3.55. The van der Waals surface area contributed by atoms with Crippen molar-refractivity contribution in [2.75, 3.05) is 5.32 Å². The fourth-order valence-electron chi connectivity index (χ4n) is 5.24. The van der Waals surface area contributed by atoms with Crippen LogP contribution in [0, 0.1) is 26.4 Å². The number of hydrogen-bond donors (Lipinski definition) is 1. The van der Waals surface area contributed by atoms with Crippen LogP contribution in [0.25, 0.3) is 0 Å². The molecule has 2 fully saturated rings. The molecule has 0 saturated heterocycles. The van der Waals surface area contributed by atoms with Gasteiger partial charge in [0, 0.05) is 34.1 Å². The summed E-state index contributed by atoms with van der Waals surface area (Å²) in [6, 6.07) is 12.8. The molecule has 1 amide bonds. The van der Waals surface area contributed by atoms with Crippen molar-refractivity contribution < 1.29 is 19.3 Å². The van der Waals surface area contributed by atoms with E-state index in [1.807, 2.05) is 20.8 Å². The van der Waals surface area contributed by atoms with Gasteiger partial charge in [-0.05, 0) is 52.4 Å². The molecule has 172 valence electrons. The molecule has 2 saturated carbocycles. The fourth-order valence-corrected chi connectivity index (χ4v) is 5.69. The SMILES string of the molecule is CC12CCC(C(=O)Nc3cccc([N+](=O)[O-])c3)(CC1=NOC(=O)c1ccccc1Br)C2(C)C. The van der Waals surface area contributed by atoms with E-state index in [0.717, 1.165) is 0 Å².